The van der Waals surface area contributed by atoms with Crippen LogP contribution in [0.25, 0.3) is 0 Å². The highest BCUT2D eigenvalue weighted by Crippen LogP contribution is 2.27. The molecular weight excluding hydrogens is 308 g/mol. The van der Waals surface area contributed by atoms with Crippen LogP contribution >= 0.6 is 0 Å². The SMILES string of the molecule is CNC(=O)c1cccc(NC(=O)C(C)Oc2ccccc2OC)c1. The summed E-state index contributed by atoms with van der Waals surface area (Å²) < 4.78 is 10.9. The molecule has 0 fully saturated rings. The van der Waals surface area contributed by atoms with E-state index in [2.05, 4.69) is 10.6 Å². The lowest BCUT2D eigenvalue weighted by atomic mass is 10.2. The predicted octanol–water partition coefficient (Wildman–Crippen LogP) is 2.46. The number of methoxy groups -OCH3 is 1. The van der Waals surface area contributed by atoms with E-state index in [1.54, 1.807) is 56.4 Å². The summed E-state index contributed by atoms with van der Waals surface area (Å²) in [6, 6.07) is 13.8. The fourth-order valence-corrected chi connectivity index (χ4v) is 2.09. The maximum absolute atomic E-state index is 12.3. The van der Waals surface area contributed by atoms with Crippen molar-refractivity contribution in [1.82, 2.24) is 5.32 Å². The van der Waals surface area contributed by atoms with Crippen LogP contribution in [0.3, 0.4) is 0 Å². The summed E-state index contributed by atoms with van der Waals surface area (Å²) in [7, 11) is 3.09. The number of para-hydroxylation sites is 2. The third-order valence-corrected chi connectivity index (χ3v) is 3.36. The second-order valence-corrected chi connectivity index (χ2v) is 5.06. The van der Waals surface area contributed by atoms with Gasteiger partial charge in [0, 0.05) is 18.3 Å². The number of anilines is 1. The Bertz CT molecular complexity index is 730. The Hall–Kier alpha value is -3.02. The van der Waals surface area contributed by atoms with Gasteiger partial charge in [0.2, 0.25) is 0 Å². The number of rotatable bonds is 6. The van der Waals surface area contributed by atoms with Crippen molar-refractivity contribution in [3.8, 4) is 11.5 Å². The maximum atomic E-state index is 12.3. The number of hydrogen-bond acceptors (Lipinski definition) is 4. The standard InChI is InChI=1S/C18H20N2O4/c1-12(24-16-10-5-4-9-15(16)23-3)17(21)20-14-8-6-7-13(11-14)18(22)19-2/h4-12H,1-3H3,(H,19,22)(H,20,21). The van der Waals surface area contributed by atoms with Gasteiger partial charge in [-0.15, -0.1) is 0 Å². The molecule has 0 saturated carbocycles. The van der Waals surface area contributed by atoms with Gasteiger partial charge < -0.3 is 20.1 Å². The smallest absolute Gasteiger partial charge is 0.265 e. The van der Waals surface area contributed by atoms with Crippen molar-refractivity contribution in [2.75, 3.05) is 19.5 Å². The van der Waals surface area contributed by atoms with Crippen LogP contribution in [0, 0.1) is 0 Å². The molecule has 0 heterocycles. The zero-order chi connectivity index (χ0) is 17.5. The van der Waals surface area contributed by atoms with Crippen LogP contribution in [0.5, 0.6) is 11.5 Å². The Morgan fingerprint density at radius 1 is 1.04 bits per heavy atom. The molecule has 1 unspecified atom stereocenters. The van der Waals surface area contributed by atoms with Crippen LogP contribution in [0.4, 0.5) is 5.69 Å². The molecule has 126 valence electrons. The second-order valence-electron chi connectivity index (χ2n) is 5.06. The number of hydrogen-bond donors (Lipinski definition) is 2. The molecule has 0 saturated heterocycles. The van der Waals surface area contributed by atoms with Gasteiger partial charge in [-0.3, -0.25) is 9.59 Å². The summed E-state index contributed by atoms with van der Waals surface area (Å²) in [5.74, 6) is 0.500. The first-order valence-electron chi connectivity index (χ1n) is 7.48. The minimum Gasteiger partial charge on any atom is -0.493 e. The van der Waals surface area contributed by atoms with Crippen LogP contribution in [0.1, 0.15) is 17.3 Å². The minimum atomic E-state index is -0.732. The molecular formula is C18H20N2O4. The third-order valence-electron chi connectivity index (χ3n) is 3.36. The van der Waals surface area contributed by atoms with Crippen molar-refractivity contribution >= 4 is 17.5 Å². The van der Waals surface area contributed by atoms with Gasteiger partial charge in [-0.25, -0.2) is 0 Å². The second kappa shape index (κ2) is 8.01. The molecule has 0 spiro atoms. The predicted molar refractivity (Wildman–Crippen MR) is 91.5 cm³/mol. The zero-order valence-electron chi connectivity index (χ0n) is 13.8. The first-order valence-corrected chi connectivity index (χ1v) is 7.48. The van der Waals surface area contributed by atoms with E-state index in [1.807, 2.05) is 6.07 Å². The third kappa shape index (κ3) is 4.25. The van der Waals surface area contributed by atoms with Crippen molar-refractivity contribution in [1.29, 1.82) is 0 Å². The number of carbonyl (C=O) groups excluding carboxylic acids is 2. The number of carbonyl (C=O) groups is 2. The van der Waals surface area contributed by atoms with E-state index < -0.39 is 6.10 Å². The molecule has 6 heteroatoms. The summed E-state index contributed by atoms with van der Waals surface area (Å²) in [5.41, 5.74) is 0.991. The summed E-state index contributed by atoms with van der Waals surface area (Å²) in [5, 5.41) is 5.27. The topological polar surface area (TPSA) is 76.7 Å². The van der Waals surface area contributed by atoms with Crippen molar-refractivity contribution in [2.24, 2.45) is 0 Å². The van der Waals surface area contributed by atoms with Gasteiger partial charge in [0.15, 0.2) is 17.6 Å². The van der Waals surface area contributed by atoms with Gasteiger partial charge in [-0.1, -0.05) is 18.2 Å². The molecule has 0 radical (unpaired) electrons. The number of benzene rings is 2. The first kappa shape index (κ1) is 17.3. The fraction of sp³-hybridized carbons (Fsp3) is 0.222. The monoisotopic (exact) mass is 328 g/mol. The molecule has 6 nitrogen and oxygen atoms in total. The zero-order valence-corrected chi connectivity index (χ0v) is 13.8. The quantitative estimate of drug-likeness (QED) is 0.854. The van der Waals surface area contributed by atoms with Crippen LogP contribution in [0.2, 0.25) is 0 Å². The molecule has 2 rings (SSSR count). The molecule has 24 heavy (non-hydrogen) atoms. The van der Waals surface area contributed by atoms with E-state index in [9.17, 15) is 9.59 Å². The highest BCUT2D eigenvalue weighted by molar-refractivity contribution is 5.98. The molecule has 0 aromatic heterocycles. The molecule has 2 N–H and O–H groups in total. The first-order chi connectivity index (χ1) is 11.5. The van der Waals surface area contributed by atoms with E-state index in [1.165, 1.54) is 7.11 Å². The van der Waals surface area contributed by atoms with Crippen LogP contribution in [0.15, 0.2) is 48.5 Å². The molecule has 2 amide bonds. The van der Waals surface area contributed by atoms with Gasteiger partial charge in [0.25, 0.3) is 11.8 Å². The lowest BCUT2D eigenvalue weighted by Crippen LogP contribution is -2.30. The van der Waals surface area contributed by atoms with Gasteiger partial charge in [-0.2, -0.15) is 0 Å². The summed E-state index contributed by atoms with van der Waals surface area (Å²) in [6.07, 6.45) is -0.732. The molecule has 0 aliphatic rings. The highest BCUT2D eigenvalue weighted by Gasteiger charge is 2.17. The van der Waals surface area contributed by atoms with Gasteiger partial charge in [0.1, 0.15) is 0 Å². The van der Waals surface area contributed by atoms with E-state index >= 15 is 0 Å². The average Bonchev–Trinajstić information content (AvgIpc) is 2.61. The van der Waals surface area contributed by atoms with Gasteiger partial charge in [-0.05, 0) is 37.3 Å². The Morgan fingerprint density at radius 2 is 1.75 bits per heavy atom. The summed E-state index contributed by atoms with van der Waals surface area (Å²) in [4.78, 5) is 23.9. The molecule has 1 atom stereocenters. The van der Waals surface area contributed by atoms with E-state index in [0.717, 1.165) is 0 Å². The Morgan fingerprint density at radius 3 is 2.42 bits per heavy atom. The molecule has 2 aromatic carbocycles. The minimum absolute atomic E-state index is 0.218. The van der Waals surface area contributed by atoms with E-state index in [-0.39, 0.29) is 11.8 Å². The van der Waals surface area contributed by atoms with Crippen molar-refractivity contribution < 1.29 is 19.1 Å². The van der Waals surface area contributed by atoms with Gasteiger partial charge >= 0.3 is 0 Å². The molecule has 0 aliphatic carbocycles. The van der Waals surface area contributed by atoms with Crippen molar-refractivity contribution in [3.63, 3.8) is 0 Å². The van der Waals surface area contributed by atoms with Gasteiger partial charge in [0.05, 0.1) is 7.11 Å². The highest BCUT2D eigenvalue weighted by atomic mass is 16.5. The van der Waals surface area contributed by atoms with E-state index in [0.29, 0.717) is 22.7 Å². The average molecular weight is 328 g/mol. The van der Waals surface area contributed by atoms with Crippen LogP contribution in [-0.4, -0.2) is 32.1 Å². The Labute approximate surface area is 140 Å². The largest absolute Gasteiger partial charge is 0.493 e. The normalized spacial score (nSPS) is 11.3. The number of ether oxygens (including phenoxy) is 2. The van der Waals surface area contributed by atoms with Crippen LogP contribution in [-0.2, 0) is 4.79 Å². The lowest BCUT2D eigenvalue weighted by Gasteiger charge is -2.16. The molecule has 0 bridgehead atoms. The van der Waals surface area contributed by atoms with Crippen molar-refractivity contribution in [2.45, 2.75) is 13.0 Å². The number of amides is 2. The number of nitrogens with one attached hydrogen (secondary N) is 2. The fourth-order valence-electron chi connectivity index (χ4n) is 2.09. The summed E-state index contributed by atoms with van der Waals surface area (Å²) >= 11 is 0. The molecule has 0 aliphatic heterocycles. The molecule has 2 aromatic rings. The lowest BCUT2D eigenvalue weighted by molar-refractivity contribution is -0.122. The maximum Gasteiger partial charge on any atom is 0.265 e. The summed E-state index contributed by atoms with van der Waals surface area (Å²) in [6.45, 7) is 1.64. The Kier molecular flexibility index (Phi) is 5.78. The Balaban J connectivity index is 2.05. The van der Waals surface area contributed by atoms with Crippen LogP contribution < -0.4 is 20.1 Å². The van der Waals surface area contributed by atoms with Crippen molar-refractivity contribution in [3.05, 3.63) is 54.1 Å². The van der Waals surface area contributed by atoms with E-state index in [4.69, 9.17) is 9.47 Å².